The van der Waals surface area contributed by atoms with Gasteiger partial charge in [0.2, 0.25) is 0 Å². The van der Waals surface area contributed by atoms with Gasteiger partial charge in [0.1, 0.15) is 0 Å². The van der Waals surface area contributed by atoms with Crippen LogP contribution in [-0.4, -0.2) is 20.7 Å². The van der Waals surface area contributed by atoms with Crippen molar-refractivity contribution in [3.8, 4) is 6.07 Å². The van der Waals surface area contributed by atoms with Crippen molar-refractivity contribution in [1.82, 2.24) is 14.8 Å². The minimum Gasteiger partial charge on any atom is -0.322 e. The van der Waals surface area contributed by atoms with Crippen LogP contribution in [0.2, 0.25) is 0 Å². The molecule has 3 aromatic rings. The number of nitrogens with one attached hydrogen (secondary N) is 1. The smallest absolute Gasteiger partial charge is 0.256 e. The lowest BCUT2D eigenvalue weighted by Crippen LogP contribution is -2.23. The van der Waals surface area contributed by atoms with Crippen molar-refractivity contribution in [2.45, 2.75) is 52.0 Å². The van der Waals surface area contributed by atoms with Crippen LogP contribution in [-0.2, 0) is 5.54 Å². The van der Waals surface area contributed by atoms with Crippen LogP contribution in [0, 0.1) is 18.3 Å². The Morgan fingerprint density at radius 2 is 2.04 bits per heavy atom. The van der Waals surface area contributed by atoms with Crippen LogP contribution in [0.25, 0.3) is 11.0 Å². The number of nitrogens with zero attached hydrogens (tertiary/aromatic N) is 4. The summed E-state index contributed by atoms with van der Waals surface area (Å²) in [6.45, 7) is 8.16. The summed E-state index contributed by atoms with van der Waals surface area (Å²) in [7, 11) is 0. The number of rotatable bonds is 3. The van der Waals surface area contributed by atoms with E-state index < -0.39 is 0 Å². The van der Waals surface area contributed by atoms with Crippen LogP contribution in [0.1, 0.15) is 66.8 Å². The van der Waals surface area contributed by atoms with E-state index in [9.17, 15) is 4.79 Å². The first-order valence-corrected chi connectivity index (χ1v) is 9.50. The standard InChI is InChI=1S/C22H23N5O/c1-13-19-17(21(28)24-16-7-5-6-14(10-16)12-23)11-18(15-8-9-15)25-20(19)27(26-13)22(2,3)4/h5-7,10-11,15H,8-9H2,1-4H3,(H,24,28). The van der Waals surface area contributed by atoms with E-state index in [0.29, 0.717) is 22.7 Å². The number of aryl methyl sites for hydroxylation is 1. The maximum atomic E-state index is 13.2. The largest absolute Gasteiger partial charge is 0.322 e. The maximum Gasteiger partial charge on any atom is 0.256 e. The first-order valence-electron chi connectivity index (χ1n) is 9.50. The summed E-state index contributed by atoms with van der Waals surface area (Å²) in [6.07, 6.45) is 2.21. The summed E-state index contributed by atoms with van der Waals surface area (Å²) in [5, 5.41) is 17.5. The fraction of sp³-hybridized carbons (Fsp3) is 0.364. The SMILES string of the molecule is Cc1nn(C(C)(C)C)c2nc(C3CC3)cc(C(=O)Nc3cccc(C#N)c3)c12. The van der Waals surface area contributed by atoms with Crippen LogP contribution in [0.4, 0.5) is 5.69 Å². The van der Waals surface area contributed by atoms with Crippen molar-refractivity contribution in [3.05, 3.63) is 52.8 Å². The molecule has 1 saturated carbocycles. The predicted molar refractivity (Wildman–Crippen MR) is 108 cm³/mol. The van der Waals surface area contributed by atoms with Crippen molar-refractivity contribution in [3.63, 3.8) is 0 Å². The molecule has 1 aliphatic rings. The number of hydrogen-bond donors (Lipinski definition) is 1. The lowest BCUT2D eigenvalue weighted by Gasteiger charge is -2.20. The molecule has 1 fully saturated rings. The first kappa shape index (κ1) is 18.2. The van der Waals surface area contributed by atoms with Gasteiger partial charge in [-0.15, -0.1) is 0 Å². The molecule has 142 valence electrons. The van der Waals surface area contributed by atoms with Gasteiger partial charge in [-0.1, -0.05) is 6.07 Å². The third-order valence-corrected chi connectivity index (χ3v) is 4.96. The highest BCUT2D eigenvalue weighted by Gasteiger charge is 2.30. The van der Waals surface area contributed by atoms with Gasteiger partial charge >= 0.3 is 0 Å². The minimum atomic E-state index is -0.240. The number of anilines is 1. The average molecular weight is 373 g/mol. The molecule has 6 heteroatoms. The predicted octanol–water partition coefficient (Wildman–Crippen LogP) is 4.50. The summed E-state index contributed by atoms with van der Waals surface area (Å²) >= 11 is 0. The van der Waals surface area contributed by atoms with Gasteiger partial charge in [-0.05, 0) is 64.8 Å². The van der Waals surface area contributed by atoms with E-state index in [-0.39, 0.29) is 11.4 Å². The number of amides is 1. The van der Waals surface area contributed by atoms with Crippen molar-refractivity contribution in [1.29, 1.82) is 5.26 Å². The Hall–Kier alpha value is -3.20. The van der Waals surface area contributed by atoms with Gasteiger partial charge in [0.25, 0.3) is 5.91 Å². The Kier molecular flexibility index (Phi) is 4.19. The van der Waals surface area contributed by atoms with Gasteiger partial charge in [-0.3, -0.25) is 4.79 Å². The molecule has 0 spiro atoms. The van der Waals surface area contributed by atoms with Gasteiger partial charge in [0.15, 0.2) is 5.65 Å². The first-order chi connectivity index (χ1) is 13.3. The maximum absolute atomic E-state index is 13.2. The summed E-state index contributed by atoms with van der Waals surface area (Å²) in [5.41, 5.74) is 3.95. The van der Waals surface area contributed by atoms with E-state index in [0.717, 1.165) is 35.3 Å². The van der Waals surface area contributed by atoms with Crippen molar-refractivity contribution in [2.24, 2.45) is 0 Å². The lowest BCUT2D eigenvalue weighted by molar-refractivity contribution is 0.102. The Morgan fingerprint density at radius 1 is 1.29 bits per heavy atom. The Labute approximate surface area is 164 Å². The number of fused-ring (bicyclic) bond motifs is 1. The molecule has 28 heavy (non-hydrogen) atoms. The molecule has 1 aromatic carbocycles. The van der Waals surface area contributed by atoms with Gasteiger partial charge < -0.3 is 5.32 Å². The molecule has 0 radical (unpaired) electrons. The number of pyridine rings is 1. The van der Waals surface area contributed by atoms with E-state index in [1.54, 1.807) is 24.3 Å². The lowest BCUT2D eigenvalue weighted by atomic mass is 10.1. The third-order valence-electron chi connectivity index (χ3n) is 4.96. The fourth-order valence-electron chi connectivity index (χ4n) is 3.41. The van der Waals surface area contributed by atoms with E-state index in [1.165, 1.54) is 0 Å². The summed E-state index contributed by atoms with van der Waals surface area (Å²) in [4.78, 5) is 18.1. The van der Waals surface area contributed by atoms with Crippen LogP contribution < -0.4 is 5.32 Å². The van der Waals surface area contributed by atoms with Crippen molar-refractivity contribution >= 4 is 22.6 Å². The van der Waals surface area contributed by atoms with Gasteiger partial charge in [0, 0.05) is 17.3 Å². The number of nitriles is 1. The van der Waals surface area contributed by atoms with Crippen molar-refractivity contribution in [2.75, 3.05) is 5.32 Å². The third kappa shape index (κ3) is 3.24. The van der Waals surface area contributed by atoms with Gasteiger partial charge in [0.05, 0.1) is 33.8 Å². The highest BCUT2D eigenvalue weighted by atomic mass is 16.1. The molecule has 6 nitrogen and oxygen atoms in total. The van der Waals surface area contributed by atoms with Crippen LogP contribution >= 0.6 is 0 Å². The Bertz CT molecular complexity index is 1130. The molecule has 1 aliphatic carbocycles. The molecule has 2 aromatic heterocycles. The summed E-state index contributed by atoms with van der Waals surface area (Å²) in [5.74, 6) is 0.211. The second-order valence-electron chi connectivity index (χ2n) is 8.38. The average Bonchev–Trinajstić information content (AvgIpc) is 3.44. The van der Waals surface area contributed by atoms with Gasteiger partial charge in [-0.2, -0.15) is 10.4 Å². The van der Waals surface area contributed by atoms with E-state index in [1.807, 2.05) is 17.7 Å². The molecule has 0 saturated heterocycles. The zero-order valence-corrected chi connectivity index (χ0v) is 16.6. The molecule has 0 unspecified atom stereocenters. The second kappa shape index (κ2) is 6.45. The number of carbonyl (C=O) groups excluding carboxylic acids is 1. The fourth-order valence-corrected chi connectivity index (χ4v) is 3.41. The number of benzene rings is 1. The summed E-state index contributed by atoms with van der Waals surface area (Å²) in [6, 6.07) is 10.9. The Morgan fingerprint density at radius 3 is 2.68 bits per heavy atom. The number of aromatic nitrogens is 3. The highest BCUT2D eigenvalue weighted by Crippen LogP contribution is 2.41. The summed E-state index contributed by atoms with van der Waals surface area (Å²) < 4.78 is 1.91. The second-order valence-corrected chi connectivity index (χ2v) is 8.38. The van der Waals surface area contributed by atoms with Crippen LogP contribution in [0.15, 0.2) is 30.3 Å². The molecule has 1 amide bonds. The quantitative estimate of drug-likeness (QED) is 0.733. The molecule has 2 heterocycles. The minimum absolute atomic E-state index is 0.207. The van der Waals surface area contributed by atoms with Crippen molar-refractivity contribution < 1.29 is 4.79 Å². The number of carbonyl (C=O) groups is 1. The zero-order valence-electron chi connectivity index (χ0n) is 16.6. The molecule has 0 atom stereocenters. The van der Waals surface area contributed by atoms with Gasteiger partial charge in [-0.25, -0.2) is 9.67 Å². The van der Waals surface area contributed by atoms with Crippen LogP contribution in [0.5, 0.6) is 0 Å². The van der Waals surface area contributed by atoms with E-state index >= 15 is 0 Å². The Balaban J connectivity index is 1.84. The highest BCUT2D eigenvalue weighted by molar-refractivity contribution is 6.12. The van der Waals surface area contributed by atoms with Crippen LogP contribution in [0.3, 0.4) is 0 Å². The molecule has 4 rings (SSSR count). The number of hydrogen-bond acceptors (Lipinski definition) is 4. The molecular weight excluding hydrogens is 350 g/mol. The zero-order chi connectivity index (χ0) is 20.1. The topological polar surface area (TPSA) is 83.6 Å². The normalized spacial score (nSPS) is 14.1. The van der Waals surface area contributed by atoms with E-state index in [2.05, 4.69) is 32.2 Å². The molecular formula is C22H23N5O. The molecule has 0 aliphatic heterocycles. The van der Waals surface area contributed by atoms with E-state index in [4.69, 9.17) is 15.3 Å². The molecule has 1 N–H and O–H groups in total. The monoisotopic (exact) mass is 373 g/mol. The molecule has 0 bridgehead atoms.